The first kappa shape index (κ1) is 12.6. The van der Waals surface area contributed by atoms with Gasteiger partial charge in [0.1, 0.15) is 0 Å². The summed E-state index contributed by atoms with van der Waals surface area (Å²) in [5.74, 6) is 0.0426. The zero-order valence-electron chi connectivity index (χ0n) is 10.7. The van der Waals surface area contributed by atoms with Crippen LogP contribution < -0.4 is 10.6 Å². The number of fused-ring (bicyclic) bond motifs is 1. The highest BCUT2D eigenvalue weighted by molar-refractivity contribution is 7.22. The molecule has 19 heavy (non-hydrogen) atoms. The average molecular weight is 275 g/mol. The van der Waals surface area contributed by atoms with Crippen molar-refractivity contribution in [1.29, 1.82) is 0 Å². The molecule has 2 heterocycles. The number of hydrogen-bond donors (Lipinski definition) is 2. The van der Waals surface area contributed by atoms with E-state index in [1.807, 2.05) is 24.3 Å². The van der Waals surface area contributed by atoms with E-state index >= 15 is 0 Å². The number of nitrogens with zero attached hydrogens (tertiary/aromatic N) is 1. The normalized spacial score (nSPS) is 20.1. The van der Waals surface area contributed by atoms with Crippen LogP contribution in [-0.2, 0) is 4.79 Å². The predicted molar refractivity (Wildman–Crippen MR) is 78.5 cm³/mol. The lowest BCUT2D eigenvalue weighted by atomic mass is 10.1. The highest BCUT2D eigenvalue weighted by Crippen LogP contribution is 2.25. The number of aromatic nitrogens is 1. The van der Waals surface area contributed by atoms with Gasteiger partial charge in [-0.3, -0.25) is 4.79 Å². The number of rotatable bonds is 2. The standard InChI is InChI=1S/C14H17N3OS/c18-13(11-7-2-1-5-9-15-11)17-14-16-10-6-3-4-8-12(10)19-14/h3-4,6,8,11,15H,1-2,5,7,9H2,(H,16,17,18). The van der Waals surface area contributed by atoms with Gasteiger partial charge in [-0.1, -0.05) is 36.3 Å². The quantitative estimate of drug-likeness (QED) is 0.886. The smallest absolute Gasteiger partial charge is 0.243 e. The molecule has 2 N–H and O–H groups in total. The Hall–Kier alpha value is -1.46. The number of nitrogens with one attached hydrogen (secondary N) is 2. The molecule has 1 amide bonds. The van der Waals surface area contributed by atoms with E-state index in [1.165, 1.54) is 17.8 Å². The Kier molecular flexibility index (Phi) is 3.75. The van der Waals surface area contributed by atoms with Gasteiger partial charge < -0.3 is 10.6 Å². The number of amides is 1. The van der Waals surface area contributed by atoms with Crippen molar-refractivity contribution in [3.05, 3.63) is 24.3 Å². The van der Waals surface area contributed by atoms with Crippen LogP contribution >= 0.6 is 11.3 Å². The van der Waals surface area contributed by atoms with Gasteiger partial charge in [-0.25, -0.2) is 4.98 Å². The largest absolute Gasteiger partial charge is 0.306 e. The van der Waals surface area contributed by atoms with Crippen molar-refractivity contribution in [3.8, 4) is 0 Å². The Labute approximate surface area is 116 Å². The number of para-hydroxylation sites is 1. The number of carbonyl (C=O) groups excluding carboxylic acids is 1. The molecule has 1 aliphatic rings. The molecule has 0 radical (unpaired) electrons. The summed E-state index contributed by atoms with van der Waals surface area (Å²) >= 11 is 1.52. The molecule has 0 aliphatic carbocycles. The monoisotopic (exact) mass is 275 g/mol. The summed E-state index contributed by atoms with van der Waals surface area (Å²) in [4.78, 5) is 16.6. The fourth-order valence-electron chi connectivity index (χ4n) is 2.37. The molecule has 1 atom stereocenters. The topological polar surface area (TPSA) is 54.0 Å². The first-order chi connectivity index (χ1) is 9.33. The van der Waals surface area contributed by atoms with E-state index in [-0.39, 0.29) is 11.9 Å². The van der Waals surface area contributed by atoms with Gasteiger partial charge in [0, 0.05) is 0 Å². The Bertz CT molecular complexity index is 540. The third-order valence-electron chi connectivity index (χ3n) is 3.40. The maximum atomic E-state index is 12.2. The molecule has 1 aliphatic heterocycles. The fourth-order valence-corrected chi connectivity index (χ4v) is 3.24. The molecule has 2 aromatic rings. The molecule has 0 saturated carbocycles. The van der Waals surface area contributed by atoms with Gasteiger partial charge in [-0.2, -0.15) is 0 Å². The molecule has 1 aromatic carbocycles. The molecule has 3 rings (SSSR count). The van der Waals surface area contributed by atoms with Crippen molar-refractivity contribution in [1.82, 2.24) is 10.3 Å². The van der Waals surface area contributed by atoms with Crippen molar-refractivity contribution in [2.75, 3.05) is 11.9 Å². The molecule has 1 saturated heterocycles. The Balaban J connectivity index is 1.71. The summed E-state index contributed by atoms with van der Waals surface area (Å²) in [7, 11) is 0. The molecule has 100 valence electrons. The van der Waals surface area contributed by atoms with Crippen LogP contribution in [0.2, 0.25) is 0 Å². The second-order valence-corrected chi connectivity index (χ2v) is 5.86. The first-order valence-corrected chi connectivity index (χ1v) is 7.54. The summed E-state index contributed by atoms with van der Waals surface area (Å²) in [5.41, 5.74) is 0.941. The summed E-state index contributed by atoms with van der Waals surface area (Å²) in [5, 5.41) is 6.93. The number of carbonyl (C=O) groups is 1. The van der Waals surface area contributed by atoms with Gasteiger partial charge in [-0.05, 0) is 31.5 Å². The third kappa shape index (κ3) is 2.93. The second kappa shape index (κ2) is 5.67. The number of benzene rings is 1. The Morgan fingerprint density at radius 3 is 3.11 bits per heavy atom. The van der Waals surface area contributed by atoms with Crippen LogP contribution in [0.3, 0.4) is 0 Å². The lowest BCUT2D eigenvalue weighted by Crippen LogP contribution is -2.39. The Morgan fingerprint density at radius 1 is 1.32 bits per heavy atom. The molecule has 1 aromatic heterocycles. The van der Waals surface area contributed by atoms with Gasteiger partial charge in [0.05, 0.1) is 16.3 Å². The molecular formula is C14H17N3OS. The van der Waals surface area contributed by atoms with Crippen LogP contribution in [0.25, 0.3) is 10.2 Å². The van der Waals surface area contributed by atoms with Crippen LogP contribution in [0.1, 0.15) is 25.7 Å². The average Bonchev–Trinajstić information content (AvgIpc) is 2.63. The highest BCUT2D eigenvalue weighted by atomic mass is 32.1. The van der Waals surface area contributed by atoms with Crippen molar-refractivity contribution in [2.24, 2.45) is 0 Å². The minimum absolute atomic E-state index is 0.0426. The molecule has 0 spiro atoms. The van der Waals surface area contributed by atoms with Gasteiger partial charge >= 0.3 is 0 Å². The second-order valence-electron chi connectivity index (χ2n) is 4.83. The van der Waals surface area contributed by atoms with E-state index in [0.717, 1.165) is 36.0 Å². The van der Waals surface area contributed by atoms with Crippen LogP contribution in [0.15, 0.2) is 24.3 Å². The minimum Gasteiger partial charge on any atom is -0.306 e. The summed E-state index contributed by atoms with van der Waals surface area (Å²) in [6, 6.07) is 7.85. The number of thiazole rings is 1. The first-order valence-electron chi connectivity index (χ1n) is 6.73. The zero-order chi connectivity index (χ0) is 13.1. The van der Waals surface area contributed by atoms with Gasteiger partial charge in [-0.15, -0.1) is 0 Å². The van der Waals surface area contributed by atoms with Crippen molar-refractivity contribution in [3.63, 3.8) is 0 Å². The molecule has 5 heteroatoms. The molecule has 1 fully saturated rings. The molecule has 4 nitrogen and oxygen atoms in total. The van der Waals surface area contributed by atoms with Crippen LogP contribution in [0.5, 0.6) is 0 Å². The van der Waals surface area contributed by atoms with Crippen molar-refractivity contribution < 1.29 is 4.79 Å². The summed E-state index contributed by atoms with van der Waals surface area (Å²) in [6.07, 6.45) is 4.39. The summed E-state index contributed by atoms with van der Waals surface area (Å²) < 4.78 is 1.10. The lowest BCUT2D eigenvalue weighted by molar-refractivity contribution is -0.118. The molecule has 0 bridgehead atoms. The van der Waals surface area contributed by atoms with Crippen LogP contribution in [-0.4, -0.2) is 23.5 Å². The lowest BCUT2D eigenvalue weighted by Gasteiger charge is -2.13. The van der Waals surface area contributed by atoms with E-state index in [9.17, 15) is 4.79 Å². The van der Waals surface area contributed by atoms with Gasteiger partial charge in [0.25, 0.3) is 0 Å². The number of hydrogen-bond acceptors (Lipinski definition) is 4. The van der Waals surface area contributed by atoms with Crippen molar-refractivity contribution in [2.45, 2.75) is 31.7 Å². The molecular weight excluding hydrogens is 258 g/mol. The zero-order valence-corrected chi connectivity index (χ0v) is 11.5. The van der Waals surface area contributed by atoms with E-state index in [1.54, 1.807) is 0 Å². The Morgan fingerprint density at radius 2 is 2.21 bits per heavy atom. The maximum absolute atomic E-state index is 12.2. The van der Waals surface area contributed by atoms with E-state index in [0.29, 0.717) is 5.13 Å². The highest BCUT2D eigenvalue weighted by Gasteiger charge is 2.20. The predicted octanol–water partition coefficient (Wildman–Crippen LogP) is 2.77. The van der Waals surface area contributed by atoms with Gasteiger partial charge in [0.15, 0.2) is 5.13 Å². The van der Waals surface area contributed by atoms with Crippen LogP contribution in [0.4, 0.5) is 5.13 Å². The fraction of sp³-hybridized carbons (Fsp3) is 0.429. The third-order valence-corrected chi connectivity index (χ3v) is 4.35. The number of anilines is 1. The van der Waals surface area contributed by atoms with Crippen LogP contribution in [0, 0.1) is 0 Å². The molecule has 1 unspecified atom stereocenters. The van der Waals surface area contributed by atoms with Gasteiger partial charge in [0.2, 0.25) is 5.91 Å². The van der Waals surface area contributed by atoms with E-state index in [4.69, 9.17) is 0 Å². The van der Waals surface area contributed by atoms with E-state index < -0.39 is 0 Å². The SMILES string of the molecule is O=C(Nc1nc2ccccc2s1)C1CCCCCN1. The maximum Gasteiger partial charge on any atom is 0.243 e. The summed E-state index contributed by atoms with van der Waals surface area (Å²) in [6.45, 7) is 0.929. The van der Waals surface area contributed by atoms with E-state index in [2.05, 4.69) is 15.6 Å². The van der Waals surface area contributed by atoms with Crippen molar-refractivity contribution >= 4 is 32.6 Å². The minimum atomic E-state index is -0.0745.